The van der Waals surface area contributed by atoms with E-state index in [0.717, 1.165) is 0 Å². The molecule has 0 spiro atoms. The lowest BCUT2D eigenvalue weighted by Crippen LogP contribution is -2.42. The first-order chi connectivity index (χ1) is 6.37. The number of terminal acetylenes is 1. The summed E-state index contributed by atoms with van der Waals surface area (Å²) in [4.78, 5) is 11.2. The van der Waals surface area contributed by atoms with Crippen molar-refractivity contribution in [1.29, 1.82) is 0 Å². The van der Waals surface area contributed by atoms with E-state index in [-0.39, 0.29) is 12.5 Å². The predicted molar refractivity (Wildman–Crippen MR) is 55.5 cm³/mol. The molecule has 0 aromatic carbocycles. The highest BCUT2D eigenvalue weighted by Gasteiger charge is 2.17. The van der Waals surface area contributed by atoms with Gasteiger partial charge in [-0.3, -0.25) is 4.79 Å². The van der Waals surface area contributed by atoms with Crippen LogP contribution < -0.4 is 11.1 Å². The number of hydrogen-bond donors (Lipinski definition) is 2. The molecule has 0 heterocycles. The topological polar surface area (TPSA) is 64.3 Å². The number of carbonyl (C=O) groups excluding carboxylic acids is 1. The molecule has 1 unspecified atom stereocenters. The van der Waals surface area contributed by atoms with Gasteiger partial charge in [0, 0.05) is 5.54 Å². The number of rotatable bonds is 5. The quantitative estimate of drug-likeness (QED) is 0.605. The summed E-state index contributed by atoms with van der Waals surface area (Å²) in [6.07, 6.45) is 4.47. The molecule has 4 heteroatoms. The van der Waals surface area contributed by atoms with Crippen LogP contribution in [0.1, 0.15) is 20.8 Å². The van der Waals surface area contributed by atoms with Gasteiger partial charge in [0.05, 0.1) is 13.2 Å². The van der Waals surface area contributed by atoms with Gasteiger partial charge in [-0.15, -0.1) is 6.42 Å². The highest BCUT2D eigenvalue weighted by atomic mass is 16.5. The van der Waals surface area contributed by atoms with Gasteiger partial charge in [0.1, 0.15) is 6.10 Å². The van der Waals surface area contributed by atoms with E-state index in [9.17, 15) is 4.79 Å². The standard InChI is InChI=1S/C10H18N2O2/c1-5-6-12-9(13)8(2)14-7-10(3,4)11/h1,8H,6-7,11H2,2-4H3,(H,12,13). The van der Waals surface area contributed by atoms with E-state index in [1.54, 1.807) is 6.92 Å². The van der Waals surface area contributed by atoms with Gasteiger partial charge in [-0.1, -0.05) is 5.92 Å². The Morgan fingerprint density at radius 2 is 2.29 bits per heavy atom. The number of ether oxygens (including phenoxy) is 1. The Balaban J connectivity index is 3.80. The second-order valence-corrected chi connectivity index (χ2v) is 3.86. The molecule has 0 aliphatic rings. The largest absolute Gasteiger partial charge is 0.367 e. The Labute approximate surface area is 85.2 Å². The summed E-state index contributed by atoms with van der Waals surface area (Å²) in [5.41, 5.74) is 5.27. The maximum Gasteiger partial charge on any atom is 0.249 e. The second kappa shape index (κ2) is 5.63. The highest BCUT2D eigenvalue weighted by Crippen LogP contribution is 2.00. The lowest BCUT2D eigenvalue weighted by atomic mass is 10.1. The predicted octanol–water partition coefficient (Wildman–Crippen LogP) is -0.122. The van der Waals surface area contributed by atoms with Crippen LogP contribution in [0.2, 0.25) is 0 Å². The summed E-state index contributed by atoms with van der Waals surface area (Å²) in [6, 6.07) is 0. The van der Waals surface area contributed by atoms with Crippen LogP contribution in [-0.2, 0) is 9.53 Å². The van der Waals surface area contributed by atoms with Crippen molar-refractivity contribution < 1.29 is 9.53 Å². The number of hydrogen-bond acceptors (Lipinski definition) is 3. The summed E-state index contributed by atoms with van der Waals surface area (Å²) < 4.78 is 5.26. The smallest absolute Gasteiger partial charge is 0.249 e. The molecular weight excluding hydrogens is 180 g/mol. The van der Waals surface area contributed by atoms with Gasteiger partial charge in [0.25, 0.3) is 0 Å². The van der Waals surface area contributed by atoms with Crippen LogP contribution >= 0.6 is 0 Å². The van der Waals surface area contributed by atoms with Crippen LogP contribution in [0.4, 0.5) is 0 Å². The molecule has 0 fully saturated rings. The molecule has 1 amide bonds. The van der Waals surface area contributed by atoms with Crippen LogP contribution in [0.25, 0.3) is 0 Å². The average Bonchev–Trinajstić information content (AvgIpc) is 2.09. The Morgan fingerprint density at radius 3 is 2.71 bits per heavy atom. The molecule has 4 nitrogen and oxygen atoms in total. The first-order valence-corrected chi connectivity index (χ1v) is 4.48. The van der Waals surface area contributed by atoms with Gasteiger partial charge >= 0.3 is 0 Å². The summed E-state index contributed by atoms with van der Waals surface area (Å²) in [5, 5.41) is 2.53. The zero-order valence-electron chi connectivity index (χ0n) is 8.96. The lowest BCUT2D eigenvalue weighted by Gasteiger charge is -2.21. The molecule has 0 aliphatic heterocycles. The zero-order valence-corrected chi connectivity index (χ0v) is 8.96. The van der Waals surface area contributed by atoms with Crippen LogP contribution in [0.15, 0.2) is 0 Å². The van der Waals surface area contributed by atoms with Gasteiger partial charge in [0.2, 0.25) is 5.91 Å². The monoisotopic (exact) mass is 198 g/mol. The Bertz CT molecular complexity index is 225. The van der Waals surface area contributed by atoms with Gasteiger partial charge in [0.15, 0.2) is 0 Å². The number of nitrogens with one attached hydrogen (secondary N) is 1. The van der Waals surface area contributed by atoms with Crippen LogP contribution in [-0.4, -0.2) is 30.7 Å². The first kappa shape index (κ1) is 12.9. The van der Waals surface area contributed by atoms with Gasteiger partial charge in [-0.05, 0) is 20.8 Å². The van der Waals surface area contributed by atoms with Crippen molar-refractivity contribution in [2.45, 2.75) is 32.4 Å². The molecule has 0 saturated carbocycles. The molecule has 0 aromatic rings. The average molecular weight is 198 g/mol. The summed E-state index contributed by atoms with van der Waals surface area (Å²) >= 11 is 0. The van der Waals surface area contributed by atoms with E-state index in [1.165, 1.54) is 0 Å². The SMILES string of the molecule is C#CCNC(=O)C(C)OCC(C)(C)N. The van der Waals surface area contributed by atoms with Gasteiger partial charge in [-0.2, -0.15) is 0 Å². The minimum Gasteiger partial charge on any atom is -0.367 e. The fourth-order valence-corrected chi connectivity index (χ4v) is 0.697. The third-order valence-corrected chi connectivity index (χ3v) is 1.44. The minimum atomic E-state index is -0.522. The van der Waals surface area contributed by atoms with Crippen molar-refractivity contribution in [1.82, 2.24) is 5.32 Å². The Kier molecular flexibility index (Phi) is 5.21. The molecule has 3 N–H and O–H groups in total. The molecule has 14 heavy (non-hydrogen) atoms. The number of amides is 1. The number of nitrogens with two attached hydrogens (primary N) is 1. The highest BCUT2D eigenvalue weighted by molar-refractivity contribution is 5.80. The second-order valence-electron chi connectivity index (χ2n) is 3.86. The molecule has 0 aliphatic carbocycles. The van der Waals surface area contributed by atoms with E-state index in [1.807, 2.05) is 13.8 Å². The molecule has 1 atom stereocenters. The summed E-state index contributed by atoms with van der Waals surface area (Å²) in [6.45, 7) is 5.88. The third kappa shape index (κ3) is 6.46. The molecule has 80 valence electrons. The Morgan fingerprint density at radius 1 is 1.71 bits per heavy atom. The zero-order chi connectivity index (χ0) is 11.2. The van der Waals surface area contributed by atoms with Crippen molar-refractivity contribution in [2.24, 2.45) is 5.73 Å². The molecule has 0 bridgehead atoms. The van der Waals surface area contributed by atoms with E-state index >= 15 is 0 Å². The summed E-state index contributed by atoms with van der Waals surface area (Å²) in [5.74, 6) is 2.10. The van der Waals surface area contributed by atoms with E-state index in [4.69, 9.17) is 16.9 Å². The fraction of sp³-hybridized carbons (Fsp3) is 0.700. The van der Waals surface area contributed by atoms with E-state index in [2.05, 4.69) is 11.2 Å². The van der Waals surface area contributed by atoms with Crippen molar-refractivity contribution in [3.05, 3.63) is 0 Å². The molecule has 0 saturated heterocycles. The van der Waals surface area contributed by atoms with Gasteiger partial charge < -0.3 is 15.8 Å². The van der Waals surface area contributed by atoms with Crippen LogP contribution in [0.3, 0.4) is 0 Å². The van der Waals surface area contributed by atoms with Crippen LogP contribution in [0, 0.1) is 12.3 Å². The van der Waals surface area contributed by atoms with Crippen molar-refractivity contribution in [3.8, 4) is 12.3 Å². The van der Waals surface area contributed by atoms with Crippen LogP contribution in [0.5, 0.6) is 0 Å². The molecular formula is C10H18N2O2. The third-order valence-electron chi connectivity index (χ3n) is 1.44. The Hall–Kier alpha value is -1.05. The minimum absolute atomic E-state index is 0.216. The molecule has 0 aromatic heterocycles. The van der Waals surface area contributed by atoms with E-state index < -0.39 is 11.6 Å². The van der Waals surface area contributed by atoms with Crippen molar-refractivity contribution >= 4 is 5.91 Å². The summed E-state index contributed by atoms with van der Waals surface area (Å²) in [7, 11) is 0. The maximum atomic E-state index is 11.2. The first-order valence-electron chi connectivity index (χ1n) is 4.48. The van der Waals surface area contributed by atoms with E-state index in [0.29, 0.717) is 6.61 Å². The maximum absolute atomic E-state index is 11.2. The van der Waals surface area contributed by atoms with Crippen molar-refractivity contribution in [3.63, 3.8) is 0 Å². The van der Waals surface area contributed by atoms with Crippen molar-refractivity contribution in [2.75, 3.05) is 13.2 Å². The lowest BCUT2D eigenvalue weighted by molar-refractivity contribution is -0.132. The fourth-order valence-electron chi connectivity index (χ4n) is 0.697. The van der Waals surface area contributed by atoms with Gasteiger partial charge in [-0.25, -0.2) is 0 Å². The molecule has 0 rings (SSSR count). The number of carbonyl (C=O) groups is 1. The molecule has 0 radical (unpaired) electrons. The normalized spacial score (nSPS) is 13.1.